The Hall–Kier alpha value is -0.773. The molecule has 0 aliphatic rings. The highest BCUT2D eigenvalue weighted by molar-refractivity contribution is 6.51. The Balaban J connectivity index is 3.87. The Kier molecular flexibility index (Phi) is 4.66. The molecule has 0 bridgehead atoms. The predicted octanol–water partition coefficient (Wildman–Crippen LogP) is 1.41. The van der Waals surface area contributed by atoms with Crippen LogP contribution in [0.25, 0.3) is 0 Å². The van der Waals surface area contributed by atoms with Crippen LogP contribution in [-0.4, -0.2) is 19.6 Å². The van der Waals surface area contributed by atoms with Gasteiger partial charge in [0.15, 0.2) is 14.4 Å². The Morgan fingerprint density at radius 3 is 2.80 bits per heavy atom. The van der Waals surface area contributed by atoms with Crippen molar-refractivity contribution < 1.29 is 10.0 Å². The van der Waals surface area contributed by atoms with Gasteiger partial charge < -0.3 is 5.21 Å². The van der Waals surface area contributed by atoms with E-state index in [-0.39, 0.29) is 5.78 Å². The van der Waals surface area contributed by atoms with Gasteiger partial charge in [0.25, 0.3) is 0 Å². The van der Waals surface area contributed by atoms with E-state index < -0.39 is 8.59 Å². The third-order valence-electron chi connectivity index (χ3n) is 1.16. The zero-order valence-corrected chi connectivity index (χ0v) is 7.00. The maximum absolute atomic E-state index is 10.7. The summed E-state index contributed by atoms with van der Waals surface area (Å²) in [6.07, 6.45) is 1.27. The second-order valence-corrected chi connectivity index (χ2v) is 4.26. The first-order chi connectivity index (χ1) is 4.74. The summed E-state index contributed by atoms with van der Waals surface area (Å²) in [5.74, 6) is -0.0338. The van der Waals surface area contributed by atoms with Crippen LogP contribution in [0.1, 0.15) is 6.92 Å². The third kappa shape index (κ3) is 3.29. The van der Waals surface area contributed by atoms with Crippen molar-refractivity contribution in [2.24, 2.45) is 4.80 Å². The highest BCUT2D eigenvalue weighted by atomic mass is 28.2. The molecule has 4 heteroatoms. The third-order valence-corrected chi connectivity index (χ3v) is 3.01. The lowest BCUT2D eigenvalue weighted by molar-refractivity contribution is -0.112. The summed E-state index contributed by atoms with van der Waals surface area (Å²) in [5.41, 5.74) is 0. The normalized spacial score (nSPS) is 11.1. The highest BCUT2D eigenvalue weighted by Gasteiger charge is 2.03. The number of hydrogen-bond acceptors (Lipinski definition) is 3. The van der Waals surface area contributed by atoms with Crippen LogP contribution in [0.4, 0.5) is 0 Å². The van der Waals surface area contributed by atoms with Crippen molar-refractivity contribution in [1.82, 2.24) is 0 Å². The summed E-state index contributed by atoms with van der Waals surface area (Å²) in [6.45, 7) is 5.23. The van der Waals surface area contributed by atoms with Crippen LogP contribution >= 0.6 is 0 Å². The minimum Gasteiger partial charge on any atom is -0.421 e. The van der Waals surface area contributed by atoms with Crippen LogP contribution in [-0.2, 0) is 4.79 Å². The van der Waals surface area contributed by atoms with Gasteiger partial charge >= 0.3 is 0 Å². The molecule has 0 saturated heterocycles. The fourth-order valence-corrected chi connectivity index (χ4v) is 1.51. The van der Waals surface area contributed by atoms with Gasteiger partial charge in [-0.3, -0.25) is 4.79 Å². The Bertz CT molecular complexity index is 165. The van der Waals surface area contributed by atoms with Gasteiger partial charge in [-0.2, -0.15) is 4.80 Å². The SMILES string of the molecule is C=CC(=O)C[Si](CC)=NO. The second-order valence-electron chi connectivity index (χ2n) is 1.87. The van der Waals surface area contributed by atoms with E-state index in [2.05, 4.69) is 11.4 Å². The molecule has 0 fully saturated rings. The van der Waals surface area contributed by atoms with Gasteiger partial charge in [-0.15, -0.1) is 0 Å². The molecule has 0 spiro atoms. The summed E-state index contributed by atoms with van der Waals surface area (Å²) < 4.78 is 0. The Labute approximate surface area is 61.7 Å². The van der Waals surface area contributed by atoms with Gasteiger partial charge in [-0.05, 0) is 12.1 Å². The smallest absolute Gasteiger partial charge is 0.187 e. The molecule has 0 rings (SSSR count). The minimum absolute atomic E-state index is 0.0338. The first-order valence-corrected chi connectivity index (χ1v) is 4.95. The fraction of sp³-hybridized carbons (Fsp3) is 0.500. The van der Waals surface area contributed by atoms with Gasteiger partial charge in [-0.25, -0.2) is 0 Å². The molecule has 0 aromatic carbocycles. The molecular weight excluding hydrogens is 146 g/mol. The molecule has 0 amide bonds. The molecule has 0 unspecified atom stereocenters. The van der Waals surface area contributed by atoms with Crippen molar-refractivity contribution in [1.29, 1.82) is 0 Å². The monoisotopic (exact) mass is 157 g/mol. The molecule has 0 aliphatic heterocycles. The van der Waals surface area contributed by atoms with Gasteiger partial charge in [0.2, 0.25) is 0 Å². The molecule has 1 N–H and O–H groups in total. The lowest BCUT2D eigenvalue weighted by atomic mass is 10.4. The number of rotatable bonds is 4. The molecule has 0 aromatic rings. The quantitative estimate of drug-likeness (QED) is 0.381. The fourth-order valence-electron chi connectivity index (χ4n) is 0.504. The zero-order chi connectivity index (χ0) is 7.98. The van der Waals surface area contributed by atoms with Gasteiger partial charge in [0.05, 0.1) is 0 Å². The van der Waals surface area contributed by atoms with E-state index in [1.807, 2.05) is 6.92 Å². The molecule has 0 aromatic heterocycles. The molecule has 0 heterocycles. The summed E-state index contributed by atoms with van der Waals surface area (Å²) in [7, 11) is -1.17. The average molecular weight is 157 g/mol. The lowest BCUT2D eigenvalue weighted by Crippen LogP contribution is -2.04. The number of nitrogens with zero attached hydrogens (tertiary/aromatic N) is 1. The van der Waals surface area contributed by atoms with Crippen LogP contribution in [0.2, 0.25) is 12.1 Å². The summed E-state index contributed by atoms with van der Waals surface area (Å²) in [6, 6.07) is 1.14. The minimum atomic E-state index is -1.17. The topological polar surface area (TPSA) is 49.7 Å². The molecule has 0 saturated carbocycles. The van der Waals surface area contributed by atoms with E-state index >= 15 is 0 Å². The number of allylic oxidation sites excluding steroid dienone is 1. The molecule has 0 aliphatic carbocycles. The van der Waals surface area contributed by atoms with Crippen LogP contribution in [0, 0.1) is 0 Å². The molecule has 3 nitrogen and oxygen atoms in total. The van der Waals surface area contributed by atoms with E-state index in [9.17, 15) is 4.79 Å². The molecule has 0 radical (unpaired) electrons. The van der Waals surface area contributed by atoms with Crippen molar-refractivity contribution >= 4 is 14.4 Å². The molecule has 10 heavy (non-hydrogen) atoms. The molecule has 56 valence electrons. The van der Waals surface area contributed by atoms with E-state index in [1.54, 1.807) is 0 Å². The summed E-state index contributed by atoms with van der Waals surface area (Å²) >= 11 is 0. The standard InChI is InChI=1S/C6H11NO2Si/c1-3-6(8)5-10(4-2)7-9/h3,9H,1,4-5H2,2H3. The number of ketones is 1. The molecule has 0 atom stereocenters. The maximum atomic E-state index is 10.7. The van der Waals surface area contributed by atoms with Crippen LogP contribution in [0.5, 0.6) is 0 Å². The van der Waals surface area contributed by atoms with Crippen molar-refractivity contribution in [3.63, 3.8) is 0 Å². The van der Waals surface area contributed by atoms with Gasteiger partial charge in [0, 0.05) is 6.04 Å². The first-order valence-electron chi connectivity index (χ1n) is 3.09. The Morgan fingerprint density at radius 1 is 1.90 bits per heavy atom. The van der Waals surface area contributed by atoms with E-state index in [4.69, 9.17) is 5.21 Å². The predicted molar refractivity (Wildman–Crippen MR) is 40.5 cm³/mol. The largest absolute Gasteiger partial charge is 0.421 e. The van der Waals surface area contributed by atoms with Crippen LogP contribution in [0.3, 0.4) is 0 Å². The van der Waals surface area contributed by atoms with Crippen LogP contribution < -0.4 is 0 Å². The van der Waals surface area contributed by atoms with E-state index in [0.29, 0.717) is 6.04 Å². The van der Waals surface area contributed by atoms with Crippen molar-refractivity contribution in [3.05, 3.63) is 12.7 Å². The summed E-state index contributed by atoms with van der Waals surface area (Å²) in [4.78, 5) is 13.8. The first kappa shape index (κ1) is 9.23. The lowest BCUT2D eigenvalue weighted by Gasteiger charge is -1.92. The Morgan fingerprint density at radius 2 is 2.50 bits per heavy atom. The van der Waals surface area contributed by atoms with E-state index in [1.165, 1.54) is 6.08 Å². The van der Waals surface area contributed by atoms with Crippen LogP contribution in [0.15, 0.2) is 17.5 Å². The zero-order valence-electron chi connectivity index (χ0n) is 6.00. The van der Waals surface area contributed by atoms with E-state index in [0.717, 1.165) is 6.04 Å². The second kappa shape index (κ2) is 5.05. The number of hydrogen-bond donors (Lipinski definition) is 1. The summed E-state index contributed by atoms with van der Waals surface area (Å²) in [5, 5.41) is 8.35. The van der Waals surface area contributed by atoms with Gasteiger partial charge in [-0.1, -0.05) is 13.5 Å². The van der Waals surface area contributed by atoms with Crippen molar-refractivity contribution in [2.45, 2.75) is 19.0 Å². The van der Waals surface area contributed by atoms with Crippen molar-refractivity contribution in [3.8, 4) is 0 Å². The van der Waals surface area contributed by atoms with Gasteiger partial charge in [0.1, 0.15) is 0 Å². The number of carbonyl (C=O) groups is 1. The average Bonchev–Trinajstić information content (AvgIpc) is 1.99. The molecular formula is C6H11NO2Si. The number of carbonyl (C=O) groups excluding carboxylic acids is 1. The van der Waals surface area contributed by atoms with Crippen molar-refractivity contribution in [2.75, 3.05) is 0 Å². The maximum Gasteiger partial charge on any atom is 0.187 e. The highest BCUT2D eigenvalue weighted by Crippen LogP contribution is 1.93.